The molecule has 2 aliphatic heterocycles. The third-order valence-electron chi connectivity index (χ3n) is 6.73. The molecule has 1 N–H and O–H groups in total. The largest absolute Gasteiger partial charge is 0.458 e. The predicted molar refractivity (Wildman–Crippen MR) is 93.0 cm³/mol. The summed E-state index contributed by atoms with van der Waals surface area (Å²) in [6.45, 7) is 10.7. The van der Waals surface area contributed by atoms with Gasteiger partial charge in [0.15, 0.2) is 11.2 Å². The standard InChI is InChI=1S/C20H24O7/c1-6-10(2)16(22)25-19(5)13(21)9-12-11(3)17(23)24-14(12)15-18(4)7-8-20(15,19)27-26-18/h6-8,12-15,21H,3,9H2,1-2,4-5H3. The second kappa shape index (κ2) is 5.53. The Kier molecular flexibility index (Phi) is 3.77. The normalized spacial score (nSPS) is 48.1. The molecule has 2 saturated heterocycles. The van der Waals surface area contributed by atoms with Gasteiger partial charge in [0.2, 0.25) is 0 Å². The number of aliphatic hydroxyl groups excluding tert-OH is 1. The second-order valence-corrected chi connectivity index (χ2v) is 8.18. The first-order valence-electron chi connectivity index (χ1n) is 9.11. The highest BCUT2D eigenvalue weighted by atomic mass is 17.2. The van der Waals surface area contributed by atoms with E-state index in [-0.39, 0.29) is 6.42 Å². The number of hydrogen-bond donors (Lipinski definition) is 1. The van der Waals surface area contributed by atoms with Crippen LogP contribution in [0.25, 0.3) is 0 Å². The summed E-state index contributed by atoms with van der Waals surface area (Å²) in [6.07, 6.45) is 3.68. The summed E-state index contributed by atoms with van der Waals surface area (Å²) in [5.41, 5.74) is -2.87. The van der Waals surface area contributed by atoms with E-state index in [1.54, 1.807) is 32.9 Å². The van der Waals surface area contributed by atoms with Crippen LogP contribution in [0.15, 0.2) is 36.0 Å². The number of esters is 2. The summed E-state index contributed by atoms with van der Waals surface area (Å²) in [5, 5.41) is 11.1. The minimum Gasteiger partial charge on any atom is -0.458 e. The molecule has 7 unspecified atom stereocenters. The number of carbonyl (C=O) groups is 2. The number of fused-ring (bicyclic) bond motifs is 1. The fraction of sp³-hybridized carbons (Fsp3) is 0.600. The number of carbonyl (C=O) groups excluding carboxylic acids is 2. The third-order valence-corrected chi connectivity index (χ3v) is 6.73. The average Bonchev–Trinajstić information content (AvgIpc) is 3.18. The molecule has 4 rings (SSSR count). The molecule has 7 atom stereocenters. The molecule has 7 nitrogen and oxygen atoms in total. The van der Waals surface area contributed by atoms with Crippen molar-refractivity contribution in [2.45, 2.75) is 63.1 Å². The number of rotatable bonds is 2. The number of allylic oxidation sites excluding steroid dienone is 1. The van der Waals surface area contributed by atoms with Crippen LogP contribution in [0.4, 0.5) is 0 Å². The van der Waals surface area contributed by atoms with Crippen LogP contribution in [0, 0.1) is 11.8 Å². The lowest BCUT2D eigenvalue weighted by Gasteiger charge is -2.44. The van der Waals surface area contributed by atoms with Crippen molar-refractivity contribution in [2.75, 3.05) is 0 Å². The minimum atomic E-state index is -1.44. The zero-order valence-electron chi connectivity index (χ0n) is 15.9. The van der Waals surface area contributed by atoms with E-state index in [1.165, 1.54) is 0 Å². The molecule has 1 saturated carbocycles. The molecule has 2 heterocycles. The number of aliphatic hydroxyl groups is 1. The Morgan fingerprint density at radius 1 is 1.37 bits per heavy atom. The van der Waals surface area contributed by atoms with E-state index < -0.39 is 52.8 Å². The Morgan fingerprint density at radius 3 is 2.67 bits per heavy atom. The van der Waals surface area contributed by atoms with E-state index in [9.17, 15) is 14.7 Å². The molecule has 0 aromatic heterocycles. The molecular formula is C20H24O7. The smallest absolute Gasteiger partial charge is 0.334 e. The van der Waals surface area contributed by atoms with E-state index in [0.29, 0.717) is 11.1 Å². The molecule has 0 amide bonds. The van der Waals surface area contributed by atoms with Crippen molar-refractivity contribution in [3.8, 4) is 0 Å². The van der Waals surface area contributed by atoms with Crippen LogP contribution in [0.2, 0.25) is 0 Å². The molecule has 7 heteroatoms. The van der Waals surface area contributed by atoms with Gasteiger partial charge in [0.1, 0.15) is 11.7 Å². The molecule has 146 valence electrons. The Balaban J connectivity index is 1.85. The van der Waals surface area contributed by atoms with E-state index >= 15 is 0 Å². The Morgan fingerprint density at radius 2 is 2.07 bits per heavy atom. The predicted octanol–water partition coefficient (Wildman–Crippen LogP) is 1.76. The minimum absolute atomic E-state index is 0.166. The lowest BCUT2D eigenvalue weighted by Crippen LogP contribution is -2.63. The highest BCUT2D eigenvalue weighted by molar-refractivity contribution is 5.91. The summed E-state index contributed by atoms with van der Waals surface area (Å²) in [6, 6.07) is 0. The number of hydrogen-bond acceptors (Lipinski definition) is 7. The second-order valence-electron chi connectivity index (χ2n) is 8.18. The first kappa shape index (κ1) is 18.4. The van der Waals surface area contributed by atoms with Crippen LogP contribution in [-0.2, 0) is 28.8 Å². The van der Waals surface area contributed by atoms with Crippen molar-refractivity contribution < 1.29 is 33.9 Å². The summed E-state index contributed by atoms with van der Waals surface area (Å²) in [4.78, 5) is 36.1. The van der Waals surface area contributed by atoms with Gasteiger partial charge in [-0.1, -0.05) is 18.7 Å². The van der Waals surface area contributed by atoms with Crippen molar-refractivity contribution in [3.63, 3.8) is 0 Å². The average molecular weight is 376 g/mol. The third kappa shape index (κ3) is 2.13. The van der Waals surface area contributed by atoms with Crippen molar-refractivity contribution >= 4 is 11.9 Å². The lowest BCUT2D eigenvalue weighted by molar-refractivity contribution is -0.366. The SMILES string of the molecule is C=C1C(=O)OC2C1CC(O)C(C)(OC(=O)C(C)=CC)C13C=CC(C)(OO1)C23. The van der Waals surface area contributed by atoms with Gasteiger partial charge in [0, 0.05) is 17.1 Å². The molecular weight excluding hydrogens is 352 g/mol. The number of ether oxygens (including phenoxy) is 2. The molecule has 0 aromatic carbocycles. The van der Waals surface area contributed by atoms with Crippen molar-refractivity contribution in [3.05, 3.63) is 36.0 Å². The van der Waals surface area contributed by atoms with Gasteiger partial charge in [0.25, 0.3) is 0 Å². The van der Waals surface area contributed by atoms with Gasteiger partial charge < -0.3 is 14.6 Å². The molecule has 4 aliphatic rings. The zero-order valence-corrected chi connectivity index (χ0v) is 15.9. The molecule has 0 aromatic rings. The van der Waals surface area contributed by atoms with E-state index in [4.69, 9.17) is 19.2 Å². The summed E-state index contributed by atoms with van der Waals surface area (Å²) < 4.78 is 11.5. The van der Waals surface area contributed by atoms with Gasteiger partial charge in [-0.3, -0.25) is 0 Å². The van der Waals surface area contributed by atoms with E-state index in [2.05, 4.69) is 6.58 Å². The summed E-state index contributed by atoms with van der Waals surface area (Å²) in [5.74, 6) is -1.93. The topological polar surface area (TPSA) is 91.3 Å². The Labute approximate surface area is 157 Å². The monoisotopic (exact) mass is 376 g/mol. The van der Waals surface area contributed by atoms with Crippen molar-refractivity contribution in [1.29, 1.82) is 0 Å². The first-order valence-corrected chi connectivity index (χ1v) is 9.11. The maximum Gasteiger partial charge on any atom is 0.334 e. The molecule has 2 aliphatic carbocycles. The fourth-order valence-electron chi connectivity index (χ4n) is 4.84. The van der Waals surface area contributed by atoms with Gasteiger partial charge in [-0.2, -0.15) is 0 Å². The van der Waals surface area contributed by atoms with Crippen LogP contribution in [0.5, 0.6) is 0 Å². The zero-order chi connectivity index (χ0) is 19.8. The molecule has 27 heavy (non-hydrogen) atoms. The summed E-state index contributed by atoms with van der Waals surface area (Å²) in [7, 11) is 0. The molecule has 2 bridgehead atoms. The van der Waals surface area contributed by atoms with Crippen LogP contribution < -0.4 is 0 Å². The van der Waals surface area contributed by atoms with Gasteiger partial charge in [-0.25, -0.2) is 19.4 Å². The Bertz CT molecular complexity index is 798. The lowest BCUT2D eigenvalue weighted by atomic mass is 9.70. The van der Waals surface area contributed by atoms with Crippen LogP contribution >= 0.6 is 0 Å². The quantitative estimate of drug-likeness (QED) is 0.340. The van der Waals surface area contributed by atoms with Crippen LogP contribution in [0.3, 0.4) is 0 Å². The van der Waals surface area contributed by atoms with Gasteiger partial charge in [-0.05, 0) is 40.2 Å². The van der Waals surface area contributed by atoms with Crippen LogP contribution in [-0.4, -0.2) is 46.1 Å². The summed E-state index contributed by atoms with van der Waals surface area (Å²) >= 11 is 0. The van der Waals surface area contributed by atoms with Gasteiger partial charge >= 0.3 is 11.9 Å². The molecule has 0 radical (unpaired) electrons. The maximum atomic E-state index is 12.6. The van der Waals surface area contributed by atoms with Crippen molar-refractivity contribution in [2.24, 2.45) is 11.8 Å². The highest BCUT2D eigenvalue weighted by Gasteiger charge is 2.77. The molecule has 3 fully saturated rings. The van der Waals surface area contributed by atoms with Crippen LogP contribution in [0.1, 0.15) is 34.1 Å². The molecule has 0 spiro atoms. The van der Waals surface area contributed by atoms with Crippen molar-refractivity contribution in [1.82, 2.24) is 0 Å². The first-order chi connectivity index (χ1) is 12.6. The van der Waals surface area contributed by atoms with Gasteiger partial charge in [0.05, 0.1) is 12.0 Å². The highest BCUT2D eigenvalue weighted by Crippen LogP contribution is 2.62. The fourth-order valence-corrected chi connectivity index (χ4v) is 4.84. The van der Waals surface area contributed by atoms with Gasteiger partial charge in [-0.15, -0.1) is 0 Å². The maximum absolute atomic E-state index is 12.6. The van der Waals surface area contributed by atoms with E-state index in [0.717, 1.165) is 0 Å². The van der Waals surface area contributed by atoms with E-state index in [1.807, 2.05) is 13.0 Å². The Hall–Kier alpha value is -1.96.